The van der Waals surface area contributed by atoms with Crippen LogP contribution in [-0.2, 0) is 9.47 Å². The molecule has 0 N–H and O–H groups in total. The standard InChI is InChI=1S/C9H8Br2Cl4O2/c1-16-9(17-2)7(14)3(10)4(11)8(9,15)6(13)5(7)12/h3-4H,1-2H3/t3-,4-,7-,8+/m0/s1. The van der Waals surface area contributed by atoms with Gasteiger partial charge in [0.05, 0.1) is 19.7 Å². The molecule has 0 aromatic rings. The molecule has 17 heavy (non-hydrogen) atoms. The number of hydrogen-bond donors (Lipinski definition) is 0. The van der Waals surface area contributed by atoms with Crippen molar-refractivity contribution < 1.29 is 9.47 Å². The lowest BCUT2D eigenvalue weighted by atomic mass is 10.0. The minimum Gasteiger partial charge on any atom is -0.349 e. The summed E-state index contributed by atoms with van der Waals surface area (Å²) in [5.41, 5.74) is 0. The average Bonchev–Trinajstić information content (AvgIpc) is 2.54. The van der Waals surface area contributed by atoms with Crippen LogP contribution in [0.3, 0.4) is 0 Å². The average molecular weight is 450 g/mol. The highest BCUT2D eigenvalue weighted by molar-refractivity contribution is 9.12. The Kier molecular flexibility index (Phi) is 3.92. The Balaban J connectivity index is 2.77. The third-order valence-electron chi connectivity index (χ3n) is 3.38. The van der Waals surface area contributed by atoms with Crippen molar-refractivity contribution in [2.45, 2.75) is 25.2 Å². The maximum absolute atomic E-state index is 6.61. The van der Waals surface area contributed by atoms with Crippen molar-refractivity contribution >= 4 is 78.3 Å². The molecule has 0 aromatic heterocycles. The Hall–Kier alpha value is 1.78. The normalized spacial score (nSPS) is 48.0. The molecule has 0 spiro atoms. The van der Waals surface area contributed by atoms with E-state index in [-0.39, 0.29) is 19.7 Å². The monoisotopic (exact) mass is 446 g/mol. The van der Waals surface area contributed by atoms with Gasteiger partial charge in [-0.05, 0) is 0 Å². The molecule has 1 fully saturated rings. The Labute approximate surface area is 136 Å². The summed E-state index contributed by atoms with van der Waals surface area (Å²) in [4.78, 5) is -2.93. The van der Waals surface area contributed by atoms with Gasteiger partial charge in [-0.15, -0.1) is 23.2 Å². The van der Waals surface area contributed by atoms with Crippen LogP contribution in [0.2, 0.25) is 0 Å². The first-order valence-electron chi connectivity index (χ1n) is 4.58. The van der Waals surface area contributed by atoms with Crippen molar-refractivity contribution in [1.29, 1.82) is 0 Å². The molecule has 4 atom stereocenters. The highest BCUT2D eigenvalue weighted by Crippen LogP contribution is 2.72. The van der Waals surface area contributed by atoms with Gasteiger partial charge in [-0.2, -0.15) is 0 Å². The van der Waals surface area contributed by atoms with E-state index in [1.807, 2.05) is 0 Å². The molecular formula is C9H8Br2Cl4O2. The van der Waals surface area contributed by atoms with Gasteiger partial charge >= 0.3 is 0 Å². The number of halogens is 6. The van der Waals surface area contributed by atoms with Crippen molar-refractivity contribution in [3.8, 4) is 0 Å². The van der Waals surface area contributed by atoms with Gasteiger partial charge in [-0.25, -0.2) is 0 Å². The van der Waals surface area contributed by atoms with Gasteiger partial charge in [0, 0.05) is 14.2 Å². The van der Waals surface area contributed by atoms with Crippen molar-refractivity contribution in [2.75, 3.05) is 14.2 Å². The molecule has 0 radical (unpaired) electrons. The smallest absolute Gasteiger partial charge is 0.219 e. The summed E-state index contributed by atoms with van der Waals surface area (Å²) < 4.78 is 10.9. The second kappa shape index (κ2) is 4.39. The number of ether oxygens (including phenoxy) is 2. The molecule has 98 valence electrons. The molecule has 2 bridgehead atoms. The zero-order valence-electron chi connectivity index (χ0n) is 8.74. The van der Waals surface area contributed by atoms with Crippen molar-refractivity contribution in [2.24, 2.45) is 0 Å². The summed E-state index contributed by atoms with van der Waals surface area (Å²) in [6, 6.07) is 0. The molecule has 2 nitrogen and oxygen atoms in total. The quantitative estimate of drug-likeness (QED) is 0.465. The van der Waals surface area contributed by atoms with Crippen LogP contribution < -0.4 is 0 Å². The van der Waals surface area contributed by atoms with E-state index in [9.17, 15) is 0 Å². The third-order valence-corrected chi connectivity index (χ3v) is 9.66. The van der Waals surface area contributed by atoms with Crippen molar-refractivity contribution in [3.63, 3.8) is 0 Å². The number of fused-ring (bicyclic) bond motifs is 2. The van der Waals surface area contributed by atoms with Gasteiger partial charge in [-0.3, -0.25) is 0 Å². The Morgan fingerprint density at radius 1 is 0.941 bits per heavy atom. The minimum atomic E-state index is -1.33. The number of hydrogen-bond acceptors (Lipinski definition) is 2. The molecule has 2 rings (SSSR count). The highest BCUT2D eigenvalue weighted by Gasteiger charge is 2.84. The molecule has 0 aliphatic heterocycles. The predicted octanol–water partition coefficient (Wildman–Crippen LogP) is 4.17. The SMILES string of the molecule is COC1(OC)[C@@]2(Cl)C(Cl)=C(Cl)[C@]1(Cl)[C@@H](Br)[C@@H]2Br. The van der Waals surface area contributed by atoms with Crippen LogP contribution in [0.4, 0.5) is 0 Å². The summed E-state index contributed by atoms with van der Waals surface area (Å²) in [5.74, 6) is -1.33. The molecular weight excluding hydrogens is 442 g/mol. The van der Waals surface area contributed by atoms with Crippen LogP contribution in [0.5, 0.6) is 0 Å². The molecule has 1 saturated carbocycles. The summed E-state index contributed by atoms with van der Waals surface area (Å²) >= 11 is 32.6. The van der Waals surface area contributed by atoms with Gasteiger partial charge < -0.3 is 9.47 Å². The summed E-state index contributed by atoms with van der Waals surface area (Å²) in [6.45, 7) is 0. The van der Waals surface area contributed by atoms with Crippen LogP contribution in [0.15, 0.2) is 10.1 Å². The van der Waals surface area contributed by atoms with Gasteiger partial charge in [0.1, 0.15) is 0 Å². The molecule has 2 aliphatic carbocycles. The summed E-state index contributed by atoms with van der Waals surface area (Å²) in [5, 5.41) is 0.495. The van der Waals surface area contributed by atoms with Gasteiger partial charge in [0.15, 0.2) is 9.75 Å². The molecule has 0 aromatic carbocycles. The first-order chi connectivity index (χ1) is 7.75. The lowest BCUT2D eigenvalue weighted by molar-refractivity contribution is -0.215. The van der Waals surface area contributed by atoms with Gasteiger partial charge in [0.2, 0.25) is 5.79 Å². The maximum atomic E-state index is 6.61. The molecule has 0 unspecified atom stereocenters. The predicted molar refractivity (Wildman–Crippen MR) is 78.1 cm³/mol. The highest BCUT2D eigenvalue weighted by atomic mass is 79.9. The van der Waals surface area contributed by atoms with Crippen LogP contribution in [0, 0.1) is 0 Å². The first kappa shape index (κ1) is 15.2. The fraction of sp³-hybridized carbons (Fsp3) is 0.778. The van der Waals surface area contributed by atoms with E-state index in [2.05, 4.69) is 31.9 Å². The van der Waals surface area contributed by atoms with Crippen molar-refractivity contribution in [1.82, 2.24) is 0 Å². The van der Waals surface area contributed by atoms with E-state index in [1.165, 1.54) is 14.2 Å². The van der Waals surface area contributed by atoms with E-state index >= 15 is 0 Å². The summed E-state index contributed by atoms with van der Waals surface area (Å²) in [7, 11) is 2.92. The molecule has 8 heteroatoms. The van der Waals surface area contributed by atoms with E-state index in [1.54, 1.807) is 0 Å². The van der Waals surface area contributed by atoms with E-state index in [0.29, 0.717) is 0 Å². The summed E-state index contributed by atoms with van der Waals surface area (Å²) in [6.07, 6.45) is 0. The Morgan fingerprint density at radius 2 is 1.24 bits per heavy atom. The lowest BCUT2D eigenvalue weighted by Gasteiger charge is -2.40. The zero-order chi connectivity index (χ0) is 13.2. The largest absolute Gasteiger partial charge is 0.349 e. The van der Waals surface area contributed by atoms with Crippen LogP contribution in [0.1, 0.15) is 0 Å². The fourth-order valence-corrected chi connectivity index (χ4v) is 6.96. The van der Waals surface area contributed by atoms with E-state index < -0.39 is 15.5 Å². The Bertz CT molecular complexity index is 368. The zero-order valence-corrected chi connectivity index (χ0v) is 14.9. The lowest BCUT2D eigenvalue weighted by Crippen LogP contribution is -2.57. The Morgan fingerprint density at radius 3 is 1.41 bits per heavy atom. The minimum absolute atomic E-state index is 0.247. The number of methoxy groups -OCH3 is 2. The van der Waals surface area contributed by atoms with E-state index in [0.717, 1.165) is 0 Å². The molecule has 2 aliphatic rings. The van der Waals surface area contributed by atoms with Crippen LogP contribution in [0.25, 0.3) is 0 Å². The molecule has 0 heterocycles. The van der Waals surface area contributed by atoms with Crippen LogP contribution >= 0.6 is 78.3 Å². The van der Waals surface area contributed by atoms with Gasteiger partial charge in [-0.1, -0.05) is 55.1 Å². The van der Waals surface area contributed by atoms with Gasteiger partial charge in [0.25, 0.3) is 0 Å². The van der Waals surface area contributed by atoms with Crippen molar-refractivity contribution in [3.05, 3.63) is 10.1 Å². The second-order valence-electron chi connectivity index (χ2n) is 3.88. The second-order valence-corrected chi connectivity index (χ2v) is 7.80. The number of alkyl halides is 4. The third kappa shape index (κ3) is 1.33. The van der Waals surface area contributed by atoms with E-state index in [4.69, 9.17) is 55.9 Å². The molecule has 0 amide bonds. The first-order valence-corrected chi connectivity index (χ1v) is 7.92. The maximum Gasteiger partial charge on any atom is 0.219 e. The van der Waals surface area contributed by atoms with Crippen LogP contribution in [-0.4, -0.2) is 39.4 Å². The topological polar surface area (TPSA) is 18.5 Å². The molecule has 0 saturated heterocycles. The number of rotatable bonds is 2. The fourth-order valence-electron chi connectivity index (χ4n) is 2.56.